The van der Waals surface area contributed by atoms with E-state index in [4.69, 9.17) is 22.3 Å². The monoisotopic (exact) mass is 433 g/mol. The molecule has 0 aliphatic carbocycles. The maximum absolute atomic E-state index is 12.2. The van der Waals surface area contributed by atoms with Crippen molar-refractivity contribution < 1.29 is 34.5 Å². The molecule has 30 heavy (non-hydrogen) atoms. The number of hydrogen-bond donors (Lipinski definition) is 9. The SMILES string of the molecule is CC(NC(=O)C(N)CCCN=C(N)N)C(=O)NC(CO)C(=O)NC(C(=O)O)C(C)O. The van der Waals surface area contributed by atoms with Gasteiger partial charge in [0, 0.05) is 6.54 Å². The third kappa shape index (κ3) is 9.99. The average molecular weight is 433 g/mol. The maximum Gasteiger partial charge on any atom is 0.328 e. The van der Waals surface area contributed by atoms with Gasteiger partial charge in [-0.2, -0.15) is 0 Å². The van der Waals surface area contributed by atoms with Crippen LogP contribution in [0.2, 0.25) is 0 Å². The van der Waals surface area contributed by atoms with Crippen molar-refractivity contribution in [1.82, 2.24) is 16.0 Å². The fourth-order valence-corrected chi connectivity index (χ4v) is 2.17. The lowest BCUT2D eigenvalue weighted by Crippen LogP contribution is -2.58. The first-order valence-electron chi connectivity index (χ1n) is 9.14. The Hall–Kier alpha value is -2.97. The molecule has 0 heterocycles. The van der Waals surface area contributed by atoms with E-state index in [1.54, 1.807) is 0 Å². The standard InChI is InChI=1S/C16H31N7O7/c1-7(21-13(27)9(17)4-3-5-20-16(18)19)12(26)22-10(6-24)14(28)23-11(8(2)25)15(29)30/h7-11,24-25H,3-6,17H2,1-2H3,(H,21,27)(H,22,26)(H,23,28)(H,29,30)(H4,18,19,20). The number of aliphatic carboxylic acids is 1. The molecule has 3 amide bonds. The van der Waals surface area contributed by atoms with E-state index in [-0.39, 0.29) is 18.9 Å². The van der Waals surface area contributed by atoms with Gasteiger partial charge in [0.05, 0.1) is 18.8 Å². The molecule has 0 aromatic carbocycles. The molecule has 0 aliphatic rings. The summed E-state index contributed by atoms with van der Waals surface area (Å²) in [6.07, 6.45) is -0.712. The number of carboxylic acids is 1. The van der Waals surface area contributed by atoms with E-state index in [2.05, 4.69) is 15.6 Å². The van der Waals surface area contributed by atoms with E-state index in [1.165, 1.54) is 6.92 Å². The number of amides is 3. The normalized spacial score (nSPS) is 15.6. The number of nitrogens with two attached hydrogens (primary N) is 3. The van der Waals surface area contributed by atoms with Gasteiger partial charge in [0.1, 0.15) is 12.1 Å². The van der Waals surface area contributed by atoms with E-state index in [1.807, 2.05) is 5.32 Å². The summed E-state index contributed by atoms with van der Waals surface area (Å²) in [5.74, 6) is -4.02. The van der Waals surface area contributed by atoms with Crippen LogP contribution < -0.4 is 33.2 Å². The summed E-state index contributed by atoms with van der Waals surface area (Å²) in [5, 5.41) is 34.2. The number of hydrogen-bond acceptors (Lipinski definition) is 8. The number of carbonyl (C=O) groups excluding carboxylic acids is 3. The molecule has 0 aromatic rings. The molecule has 0 rings (SSSR count). The molecule has 5 atom stereocenters. The number of rotatable bonds is 13. The molecule has 12 N–H and O–H groups in total. The summed E-state index contributed by atoms with van der Waals surface area (Å²) in [6.45, 7) is 1.94. The van der Waals surface area contributed by atoms with Gasteiger partial charge >= 0.3 is 5.97 Å². The number of carboxylic acid groups (broad SMARTS) is 1. The fraction of sp³-hybridized carbons (Fsp3) is 0.688. The number of aliphatic hydroxyl groups excluding tert-OH is 2. The van der Waals surface area contributed by atoms with E-state index in [0.29, 0.717) is 6.42 Å². The first-order valence-corrected chi connectivity index (χ1v) is 9.14. The zero-order valence-corrected chi connectivity index (χ0v) is 16.9. The Bertz CT molecular complexity index is 637. The van der Waals surface area contributed by atoms with Crippen LogP contribution in [-0.2, 0) is 19.2 Å². The maximum atomic E-state index is 12.2. The minimum atomic E-state index is -1.63. The Kier molecular flexibility index (Phi) is 12.0. The molecule has 0 bridgehead atoms. The smallest absolute Gasteiger partial charge is 0.328 e. The molecule has 0 spiro atoms. The van der Waals surface area contributed by atoms with Gasteiger partial charge in [0.15, 0.2) is 12.0 Å². The molecule has 0 fully saturated rings. The third-order valence-corrected chi connectivity index (χ3v) is 3.92. The molecular formula is C16H31N7O7. The number of nitrogens with one attached hydrogen (secondary N) is 3. The highest BCUT2D eigenvalue weighted by atomic mass is 16.4. The summed E-state index contributed by atoms with van der Waals surface area (Å²) in [6, 6.07) is -5.15. The lowest BCUT2D eigenvalue weighted by atomic mass is 10.1. The molecule has 14 heteroatoms. The Balaban J connectivity index is 4.69. The Morgan fingerprint density at radius 1 is 1.00 bits per heavy atom. The average Bonchev–Trinajstić information content (AvgIpc) is 2.65. The van der Waals surface area contributed by atoms with Gasteiger partial charge in [-0.3, -0.25) is 19.4 Å². The Morgan fingerprint density at radius 3 is 2.07 bits per heavy atom. The van der Waals surface area contributed by atoms with Gasteiger partial charge in [-0.05, 0) is 26.7 Å². The molecule has 172 valence electrons. The van der Waals surface area contributed by atoms with Gasteiger partial charge < -0.3 is 48.5 Å². The van der Waals surface area contributed by atoms with E-state index in [9.17, 15) is 29.4 Å². The first-order chi connectivity index (χ1) is 13.9. The van der Waals surface area contributed by atoms with E-state index < -0.39 is 60.6 Å². The summed E-state index contributed by atoms with van der Waals surface area (Å²) in [7, 11) is 0. The largest absolute Gasteiger partial charge is 0.480 e. The van der Waals surface area contributed by atoms with Crippen LogP contribution in [-0.4, -0.2) is 88.4 Å². The highest BCUT2D eigenvalue weighted by Crippen LogP contribution is 1.98. The van der Waals surface area contributed by atoms with Crippen LogP contribution in [0.15, 0.2) is 4.99 Å². The van der Waals surface area contributed by atoms with Crippen LogP contribution in [0.3, 0.4) is 0 Å². The van der Waals surface area contributed by atoms with Crippen molar-refractivity contribution in [3.05, 3.63) is 0 Å². The van der Waals surface area contributed by atoms with E-state index in [0.717, 1.165) is 6.92 Å². The van der Waals surface area contributed by atoms with Crippen LogP contribution in [0.25, 0.3) is 0 Å². The Morgan fingerprint density at radius 2 is 1.60 bits per heavy atom. The van der Waals surface area contributed by atoms with Crippen molar-refractivity contribution in [2.75, 3.05) is 13.2 Å². The van der Waals surface area contributed by atoms with E-state index >= 15 is 0 Å². The van der Waals surface area contributed by atoms with Crippen molar-refractivity contribution in [1.29, 1.82) is 0 Å². The molecule has 14 nitrogen and oxygen atoms in total. The molecule has 0 saturated heterocycles. The zero-order valence-electron chi connectivity index (χ0n) is 16.9. The van der Waals surface area contributed by atoms with Crippen LogP contribution in [0.1, 0.15) is 26.7 Å². The van der Waals surface area contributed by atoms with Gasteiger partial charge in [-0.1, -0.05) is 0 Å². The van der Waals surface area contributed by atoms with Crippen molar-refractivity contribution in [3.63, 3.8) is 0 Å². The zero-order chi connectivity index (χ0) is 23.4. The molecule has 0 aromatic heterocycles. The highest BCUT2D eigenvalue weighted by molar-refractivity contribution is 5.94. The molecular weight excluding hydrogens is 402 g/mol. The topological polar surface area (TPSA) is 255 Å². The van der Waals surface area contributed by atoms with Gasteiger partial charge in [0.2, 0.25) is 17.7 Å². The molecule has 5 unspecified atom stereocenters. The second-order valence-electron chi connectivity index (χ2n) is 6.59. The third-order valence-electron chi connectivity index (χ3n) is 3.92. The van der Waals surface area contributed by atoms with Crippen molar-refractivity contribution in [2.45, 2.75) is 57.0 Å². The quantitative estimate of drug-likeness (QED) is 0.0761. The summed E-state index contributed by atoms with van der Waals surface area (Å²) < 4.78 is 0. The summed E-state index contributed by atoms with van der Waals surface area (Å²) in [4.78, 5) is 51.1. The predicted octanol–water partition coefficient (Wildman–Crippen LogP) is -4.70. The first kappa shape index (κ1) is 27.0. The van der Waals surface area contributed by atoms with Crippen molar-refractivity contribution in [3.8, 4) is 0 Å². The number of carbonyl (C=O) groups is 4. The van der Waals surface area contributed by atoms with Crippen LogP contribution in [0.5, 0.6) is 0 Å². The highest BCUT2D eigenvalue weighted by Gasteiger charge is 2.30. The molecule has 0 aliphatic heterocycles. The second kappa shape index (κ2) is 13.3. The Labute approximate surface area is 173 Å². The molecule has 0 radical (unpaired) electrons. The summed E-state index contributed by atoms with van der Waals surface area (Å²) in [5.41, 5.74) is 16.1. The number of nitrogens with zero attached hydrogens (tertiary/aromatic N) is 1. The summed E-state index contributed by atoms with van der Waals surface area (Å²) >= 11 is 0. The van der Waals surface area contributed by atoms with Gasteiger partial charge in [-0.25, -0.2) is 4.79 Å². The van der Waals surface area contributed by atoms with Crippen molar-refractivity contribution >= 4 is 29.7 Å². The lowest BCUT2D eigenvalue weighted by molar-refractivity contribution is -0.145. The number of aliphatic imine (C=N–C) groups is 1. The predicted molar refractivity (Wildman–Crippen MR) is 106 cm³/mol. The minimum absolute atomic E-state index is 0.0797. The fourth-order valence-electron chi connectivity index (χ4n) is 2.17. The second-order valence-corrected chi connectivity index (χ2v) is 6.59. The number of aliphatic hydroxyl groups is 2. The lowest BCUT2D eigenvalue weighted by Gasteiger charge is -2.23. The van der Waals surface area contributed by atoms with Crippen LogP contribution in [0, 0.1) is 0 Å². The van der Waals surface area contributed by atoms with Gasteiger partial charge in [-0.15, -0.1) is 0 Å². The van der Waals surface area contributed by atoms with Crippen molar-refractivity contribution in [2.24, 2.45) is 22.2 Å². The molecule has 0 saturated carbocycles. The minimum Gasteiger partial charge on any atom is -0.480 e. The van der Waals surface area contributed by atoms with Gasteiger partial charge in [0.25, 0.3) is 0 Å². The van der Waals surface area contributed by atoms with Crippen LogP contribution in [0.4, 0.5) is 0 Å². The van der Waals surface area contributed by atoms with Crippen LogP contribution >= 0.6 is 0 Å². The number of guanidine groups is 1.